The summed E-state index contributed by atoms with van der Waals surface area (Å²) in [7, 11) is 0. The van der Waals surface area contributed by atoms with E-state index < -0.39 is 29.3 Å². The zero-order valence-electron chi connectivity index (χ0n) is 6.26. The van der Waals surface area contributed by atoms with Gasteiger partial charge in [0, 0.05) is 6.07 Å². The second kappa shape index (κ2) is 3.31. The minimum atomic E-state index is -2.91. The van der Waals surface area contributed by atoms with E-state index in [2.05, 4.69) is 4.98 Å². The van der Waals surface area contributed by atoms with Gasteiger partial charge in [0.15, 0.2) is 11.5 Å². The number of pyridine rings is 1. The van der Waals surface area contributed by atoms with Crippen LogP contribution < -0.4 is 5.73 Å². The number of nitrogen functional groups attached to an aromatic ring is 1. The van der Waals surface area contributed by atoms with Crippen molar-refractivity contribution in [3.05, 3.63) is 23.3 Å². The van der Waals surface area contributed by atoms with E-state index in [-0.39, 0.29) is 0 Å². The molecule has 2 N–H and O–H groups in total. The van der Waals surface area contributed by atoms with Crippen LogP contribution in [-0.2, 0) is 0 Å². The normalized spacial score (nSPS) is 10.1. The quantitative estimate of drug-likeness (QED) is 0.726. The predicted octanol–water partition coefficient (Wildman–Crippen LogP) is 1.61. The first-order chi connectivity index (χ1) is 6.06. The highest BCUT2D eigenvalue weighted by Gasteiger charge is 2.16. The van der Waals surface area contributed by atoms with Gasteiger partial charge >= 0.3 is 0 Å². The van der Waals surface area contributed by atoms with Crippen molar-refractivity contribution in [3.63, 3.8) is 0 Å². The molecule has 1 rings (SSSR count). The average molecular weight is 187 g/mol. The first-order valence-electron chi connectivity index (χ1n) is 3.20. The summed E-state index contributed by atoms with van der Waals surface area (Å²) in [6.45, 7) is 0. The van der Waals surface area contributed by atoms with Crippen molar-refractivity contribution in [2.75, 3.05) is 5.73 Å². The molecule has 0 aromatic carbocycles. The Kier molecular flexibility index (Phi) is 2.37. The van der Waals surface area contributed by atoms with Crippen LogP contribution in [0.15, 0.2) is 6.07 Å². The number of anilines is 1. The van der Waals surface area contributed by atoms with Gasteiger partial charge in [-0.1, -0.05) is 0 Å². The van der Waals surface area contributed by atoms with Gasteiger partial charge in [-0.05, 0) is 0 Å². The van der Waals surface area contributed by atoms with Crippen LogP contribution in [0.25, 0.3) is 0 Å². The van der Waals surface area contributed by atoms with E-state index in [9.17, 15) is 13.2 Å². The maximum atomic E-state index is 12.7. The third-order valence-corrected chi connectivity index (χ3v) is 1.35. The number of alkyl halides is 2. The third-order valence-electron chi connectivity index (χ3n) is 1.35. The third kappa shape index (κ3) is 1.69. The molecule has 0 aliphatic rings. The number of nitrogens with two attached hydrogens (primary N) is 1. The van der Waals surface area contributed by atoms with Crippen LogP contribution in [0.3, 0.4) is 0 Å². The molecule has 0 spiro atoms. The van der Waals surface area contributed by atoms with E-state index in [4.69, 9.17) is 11.0 Å². The molecule has 13 heavy (non-hydrogen) atoms. The summed E-state index contributed by atoms with van der Waals surface area (Å²) in [5.74, 6) is -0.996. The SMILES string of the molecule is N#Cc1nc(C(F)F)c(N)cc1F. The Morgan fingerprint density at radius 1 is 1.54 bits per heavy atom. The highest BCUT2D eigenvalue weighted by molar-refractivity contribution is 5.46. The van der Waals surface area contributed by atoms with Gasteiger partial charge in [-0.2, -0.15) is 5.26 Å². The molecule has 6 heteroatoms. The molecule has 0 radical (unpaired) electrons. The molecule has 0 unspecified atom stereocenters. The van der Waals surface area contributed by atoms with Gasteiger partial charge < -0.3 is 5.73 Å². The largest absolute Gasteiger partial charge is 0.397 e. The molecule has 0 aliphatic carbocycles. The van der Waals surface area contributed by atoms with Crippen LogP contribution in [0.2, 0.25) is 0 Å². The van der Waals surface area contributed by atoms with E-state index >= 15 is 0 Å². The fourth-order valence-electron chi connectivity index (χ4n) is 0.770. The molecule has 3 nitrogen and oxygen atoms in total. The van der Waals surface area contributed by atoms with Crippen molar-refractivity contribution >= 4 is 5.69 Å². The van der Waals surface area contributed by atoms with Crippen molar-refractivity contribution in [2.45, 2.75) is 6.43 Å². The first kappa shape index (κ1) is 9.32. The molecule has 1 aromatic rings. The summed E-state index contributed by atoms with van der Waals surface area (Å²) in [6.07, 6.45) is -2.91. The molecular weight excluding hydrogens is 183 g/mol. The molecule has 68 valence electrons. The smallest absolute Gasteiger partial charge is 0.282 e. The number of rotatable bonds is 1. The number of nitriles is 1. The Morgan fingerprint density at radius 2 is 2.15 bits per heavy atom. The Labute approximate surface area is 71.6 Å². The molecule has 0 atom stereocenters. The van der Waals surface area contributed by atoms with Gasteiger partial charge in [-0.25, -0.2) is 18.2 Å². The van der Waals surface area contributed by atoms with Gasteiger partial charge in [-0.3, -0.25) is 0 Å². The average Bonchev–Trinajstić information content (AvgIpc) is 2.03. The minimum absolute atomic E-state index is 0.452. The minimum Gasteiger partial charge on any atom is -0.397 e. The highest BCUT2D eigenvalue weighted by Crippen LogP contribution is 2.24. The van der Waals surface area contributed by atoms with Crippen LogP contribution >= 0.6 is 0 Å². The van der Waals surface area contributed by atoms with Crippen LogP contribution in [-0.4, -0.2) is 4.98 Å². The number of halogens is 3. The maximum absolute atomic E-state index is 12.7. The summed E-state index contributed by atoms with van der Waals surface area (Å²) in [5, 5.41) is 8.28. The van der Waals surface area contributed by atoms with Crippen molar-refractivity contribution < 1.29 is 13.2 Å². The number of hydrogen-bond donors (Lipinski definition) is 1. The van der Waals surface area contributed by atoms with E-state index in [1.807, 2.05) is 0 Å². The second-order valence-corrected chi connectivity index (χ2v) is 2.21. The number of nitrogens with zero attached hydrogens (tertiary/aromatic N) is 2. The second-order valence-electron chi connectivity index (χ2n) is 2.21. The van der Waals surface area contributed by atoms with Gasteiger partial charge in [0.25, 0.3) is 6.43 Å². The van der Waals surface area contributed by atoms with Gasteiger partial charge in [0.05, 0.1) is 5.69 Å². The van der Waals surface area contributed by atoms with E-state index in [0.717, 1.165) is 0 Å². The van der Waals surface area contributed by atoms with Gasteiger partial charge in [0.2, 0.25) is 0 Å². The topological polar surface area (TPSA) is 62.7 Å². The lowest BCUT2D eigenvalue weighted by molar-refractivity contribution is 0.147. The molecular formula is C7H4F3N3. The fraction of sp³-hybridized carbons (Fsp3) is 0.143. The zero-order valence-corrected chi connectivity index (χ0v) is 6.26. The first-order valence-corrected chi connectivity index (χ1v) is 3.20. The molecule has 0 amide bonds. The Bertz CT molecular complexity index is 370. The lowest BCUT2D eigenvalue weighted by atomic mass is 10.2. The summed E-state index contributed by atoms with van der Waals surface area (Å²) >= 11 is 0. The Hall–Kier alpha value is -1.77. The molecule has 0 saturated heterocycles. The predicted molar refractivity (Wildman–Crippen MR) is 38.3 cm³/mol. The van der Waals surface area contributed by atoms with E-state index in [1.54, 1.807) is 0 Å². The summed E-state index contributed by atoms with van der Waals surface area (Å²) in [5.41, 5.74) is 3.16. The summed E-state index contributed by atoms with van der Waals surface area (Å²) < 4.78 is 36.9. The van der Waals surface area contributed by atoms with Crippen molar-refractivity contribution in [2.24, 2.45) is 0 Å². The van der Waals surface area contributed by atoms with Crippen molar-refractivity contribution in [1.29, 1.82) is 5.26 Å². The Morgan fingerprint density at radius 3 is 2.62 bits per heavy atom. The lowest BCUT2D eigenvalue weighted by Crippen LogP contribution is -2.02. The van der Waals surface area contributed by atoms with Crippen molar-refractivity contribution in [3.8, 4) is 6.07 Å². The maximum Gasteiger partial charge on any atom is 0.282 e. The molecule has 1 heterocycles. The monoisotopic (exact) mass is 187 g/mol. The lowest BCUT2D eigenvalue weighted by Gasteiger charge is -2.03. The van der Waals surface area contributed by atoms with Crippen LogP contribution in [0, 0.1) is 17.1 Å². The van der Waals surface area contributed by atoms with E-state index in [1.165, 1.54) is 6.07 Å². The van der Waals surface area contributed by atoms with E-state index in [0.29, 0.717) is 6.07 Å². The molecule has 0 fully saturated rings. The van der Waals surface area contributed by atoms with Gasteiger partial charge in [-0.15, -0.1) is 0 Å². The van der Waals surface area contributed by atoms with Gasteiger partial charge in [0.1, 0.15) is 11.8 Å². The zero-order chi connectivity index (χ0) is 10.0. The van der Waals surface area contributed by atoms with Crippen LogP contribution in [0.4, 0.5) is 18.9 Å². The standard InChI is InChI=1S/C7H4F3N3/c8-3-1-4(12)6(7(9)10)13-5(3)2-11/h1,7H,12H2. The fourth-order valence-corrected chi connectivity index (χ4v) is 0.770. The molecule has 0 aliphatic heterocycles. The molecule has 1 aromatic heterocycles. The van der Waals surface area contributed by atoms with Crippen molar-refractivity contribution in [1.82, 2.24) is 4.98 Å². The van der Waals surface area contributed by atoms with Crippen LogP contribution in [0.5, 0.6) is 0 Å². The number of hydrogen-bond acceptors (Lipinski definition) is 3. The Balaban J connectivity index is 3.33. The summed E-state index contributed by atoms with van der Waals surface area (Å²) in [4.78, 5) is 3.08. The number of aromatic nitrogens is 1. The highest BCUT2D eigenvalue weighted by atomic mass is 19.3. The molecule has 0 bridgehead atoms. The molecule has 0 saturated carbocycles. The summed E-state index contributed by atoms with van der Waals surface area (Å²) in [6, 6.07) is 2.00. The van der Waals surface area contributed by atoms with Crippen LogP contribution in [0.1, 0.15) is 17.8 Å².